The Kier molecular flexibility index (Phi) is 6.13. The largest absolute Gasteiger partial charge is 0.484 e. The first kappa shape index (κ1) is 19.9. The lowest BCUT2D eigenvalue weighted by Gasteiger charge is -2.07. The highest BCUT2D eigenvalue weighted by molar-refractivity contribution is 6.16. The predicted molar refractivity (Wildman–Crippen MR) is 103 cm³/mol. The van der Waals surface area contributed by atoms with Crippen LogP contribution in [0.2, 0.25) is 0 Å². The first-order valence-electron chi connectivity index (χ1n) is 8.82. The van der Waals surface area contributed by atoms with E-state index >= 15 is 0 Å². The molecule has 2 heterocycles. The van der Waals surface area contributed by atoms with Gasteiger partial charge in [-0.15, -0.1) is 0 Å². The Bertz CT molecular complexity index is 971. The molecule has 2 N–H and O–H groups in total. The fourth-order valence-corrected chi connectivity index (χ4v) is 2.74. The molecule has 8 heteroatoms. The lowest BCUT2D eigenvalue weighted by molar-refractivity contribution is -0.136. The molecule has 29 heavy (non-hydrogen) atoms. The van der Waals surface area contributed by atoms with Crippen molar-refractivity contribution in [1.82, 2.24) is 10.6 Å². The van der Waals surface area contributed by atoms with Crippen LogP contribution in [0.15, 0.2) is 63.9 Å². The Hall–Kier alpha value is -3.81. The zero-order chi connectivity index (χ0) is 20.8. The molecule has 0 radical (unpaired) electrons. The van der Waals surface area contributed by atoms with Crippen molar-refractivity contribution in [3.05, 3.63) is 70.8 Å². The van der Waals surface area contributed by atoms with Gasteiger partial charge in [0.1, 0.15) is 11.5 Å². The third kappa shape index (κ3) is 4.92. The molecule has 0 atom stereocenters. The number of furan rings is 1. The fraction of sp³-hybridized carbons (Fsp3) is 0.190. The number of nitrogens with one attached hydrogen (secondary N) is 2. The maximum Gasteiger partial charge on any atom is 0.340 e. The third-order valence-electron chi connectivity index (χ3n) is 4.18. The van der Waals surface area contributed by atoms with Gasteiger partial charge in [0.15, 0.2) is 6.61 Å². The number of amides is 2. The highest BCUT2D eigenvalue weighted by Crippen LogP contribution is 2.25. The minimum absolute atomic E-state index is 0.141. The molecule has 0 spiro atoms. The molecule has 1 aromatic heterocycles. The van der Waals surface area contributed by atoms with E-state index in [1.54, 1.807) is 49.4 Å². The second-order valence-corrected chi connectivity index (χ2v) is 6.22. The molecule has 3 rings (SSSR count). The molecular weight excluding hydrogens is 376 g/mol. The molecule has 2 amide bonds. The van der Waals surface area contributed by atoms with Crippen LogP contribution in [0.3, 0.4) is 0 Å². The van der Waals surface area contributed by atoms with Crippen molar-refractivity contribution >= 4 is 23.9 Å². The maximum absolute atomic E-state index is 12.1. The summed E-state index contributed by atoms with van der Waals surface area (Å²) in [7, 11) is 1.26. The van der Waals surface area contributed by atoms with Gasteiger partial charge in [0.05, 0.1) is 31.1 Å². The van der Waals surface area contributed by atoms with Gasteiger partial charge < -0.3 is 24.5 Å². The minimum Gasteiger partial charge on any atom is -0.484 e. The van der Waals surface area contributed by atoms with Gasteiger partial charge in [-0.3, -0.25) is 9.59 Å². The summed E-state index contributed by atoms with van der Waals surface area (Å²) in [4.78, 5) is 35.9. The monoisotopic (exact) mass is 396 g/mol. The van der Waals surface area contributed by atoms with E-state index in [0.717, 1.165) is 0 Å². The first-order chi connectivity index (χ1) is 14.0. The zero-order valence-electron chi connectivity index (χ0n) is 16.0. The van der Waals surface area contributed by atoms with Crippen LogP contribution in [0, 0.1) is 0 Å². The normalized spacial score (nSPS) is 14.7. The number of hydrogen-bond acceptors (Lipinski definition) is 6. The van der Waals surface area contributed by atoms with Crippen molar-refractivity contribution in [2.45, 2.75) is 13.5 Å². The zero-order valence-corrected chi connectivity index (χ0v) is 16.0. The smallest absolute Gasteiger partial charge is 0.340 e. The molecule has 0 unspecified atom stereocenters. The van der Waals surface area contributed by atoms with Crippen LogP contribution in [0.1, 0.15) is 18.2 Å². The summed E-state index contributed by atoms with van der Waals surface area (Å²) in [5.41, 5.74) is 1.60. The molecule has 1 aliphatic heterocycles. The maximum atomic E-state index is 12.1. The second-order valence-electron chi connectivity index (χ2n) is 6.22. The highest BCUT2D eigenvalue weighted by atomic mass is 16.5. The Balaban J connectivity index is 1.60. The number of carbonyl (C=O) groups excluding carboxylic acids is 3. The van der Waals surface area contributed by atoms with Crippen LogP contribution in [0.4, 0.5) is 0 Å². The van der Waals surface area contributed by atoms with Crippen LogP contribution in [0.5, 0.6) is 5.75 Å². The number of esters is 1. The number of benzene rings is 1. The quantitative estimate of drug-likeness (QED) is 0.547. The van der Waals surface area contributed by atoms with Crippen molar-refractivity contribution < 1.29 is 28.3 Å². The van der Waals surface area contributed by atoms with Crippen LogP contribution in [-0.4, -0.2) is 31.5 Å². The Morgan fingerprint density at radius 3 is 2.62 bits per heavy atom. The number of carbonyl (C=O) groups is 3. The van der Waals surface area contributed by atoms with Gasteiger partial charge in [-0.05, 0) is 42.8 Å². The van der Waals surface area contributed by atoms with Gasteiger partial charge in [0.25, 0.3) is 11.8 Å². The van der Waals surface area contributed by atoms with Crippen LogP contribution >= 0.6 is 0 Å². The van der Waals surface area contributed by atoms with Gasteiger partial charge >= 0.3 is 5.97 Å². The van der Waals surface area contributed by atoms with E-state index < -0.39 is 5.97 Å². The molecule has 0 aliphatic carbocycles. The van der Waals surface area contributed by atoms with Gasteiger partial charge in [0.2, 0.25) is 0 Å². The van der Waals surface area contributed by atoms with E-state index in [0.29, 0.717) is 29.3 Å². The van der Waals surface area contributed by atoms with Gasteiger partial charge in [0, 0.05) is 5.70 Å². The second kappa shape index (κ2) is 8.92. The summed E-state index contributed by atoms with van der Waals surface area (Å²) >= 11 is 0. The van der Waals surface area contributed by atoms with Gasteiger partial charge in [-0.1, -0.05) is 12.1 Å². The standard InChI is InChI=1S/C21H20N2O6/c1-13-19(21(26)27-2)17(20(25)23-13)10-14-5-7-15(8-6-14)29-12-18(24)22-11-16-4-3-9-28-16/h3-10H,11-12H2,1-2H3,(H,22,24)(H,23,25)/b17-10-. The lowest BCUT2D eigenvalue weighted by atomic mass is 10.0. The average Bonchev–Trinajstić information content (AvgIpc) is 3.33. The van der Waals surface area contributed by atoms with E-state index in [-0.39, 0.29) is 29.6 Å². The molecular formula is C21H20N2O6. The number of hydrogen-bond donors (Lipinski definition) is 2. The summed E-state index contributed by atoms with van der Waals surface area (Å²) in [5.74, 6) is -0.0685. The lowest BCUT2D eigenvalue weighted by Crippen LogP contribution is -2.28. The predicted octanol–water partition coefficient (Wildman–Crippen LogP) is 1.93. The molecule has 0 bridgehead atoms. The summed E-state index contributed by atoms with van der Waals surface area (Å²) in [6, 6.07) is 10.3. The summed E-state index contributed by atoms with van der Waals surface area (Å²) < 4.78 is 15.3. The van der Waals surface area contributed by atoms with E-state index in [1.807, 2.05) is 0 Å². The topological polar surface area (TPSA) is 107 Å². The molecule has 150 valence electrons. The average molecular weight is 396 g/mol. The molecule has 1 aromatic carbocycles. The molecule has 8 nitrogen and oxygen atoms in total. The van der Waals surface area contributed by atoms with E-state index in [9.17, 15) is 14.4 Å². The van der Waals surface area contributed by atoms with Crippen molar-refractivity contribution in [2.24, 2.45) is 0 Å². The number of methoxy groups -OCH3 is 1. The van der Waals surface area contributed by atoms with Crippen molar-refractivity contribution in [3.63, 3.8) is 0 Å². The number of allylic oxidation sites excluding steroid dienone is 1. The van der Waals surface area contributed by atoms with E-state index in [2.05, 4.69) is 10.6 Å². The van der Waals surface area contributed by atoms with Crippen molar-refractivity contribution in [2.75, 3.05) is 13.7 Å². The number of ether oxygens (including phenoxy) is 2. The summed E-state index contributed by atoms with van der Waals surface area (Å²) in [6.07, 6.45) is 3.13. The van der Waals surface area contributed by atoms with Crippen molar-refractivity contribution in [3.8, 4) is 5.75 Å². The summed E-state index contributed by atoms with van der Waals surface area (Å²) in [5, 5.41) is 5.30. The van der Waals surface area contributed by atoms with E-state index in [1.165, 1.54) is 13.4 Å². The Morgan fingerprint density at radius 2 is 1.97 bits per heavy atom. The molecule has 0 saturated heterocycles. The Morgan fingerprint density at radius 1 is 1.21 bits per heavy atom. The van der Waals surface area contributed by atoms with Gasteiger partial charge in [-0.2, -0.15) is 0 Å². The minimum atomic E-state index is -0.576. The molecule has 1 aliphatic rings. The van der Waals surface area contributed by atoms with Crippen LogP contribution in [0.25, 0.3) is 6.08 Å². The SMILES string of the molecule is COC(=O)C1=C(C)NC(=O)/C1=C\c1ccc(OCC(=O)NCc2ccco2)cc1. The molecule has 2 aromatic rings. The van der Waals surface area contributed by atoms with Crippen LogP contribution in [-0.2, 0) is 25.7 Å². The van der Waals surface area contributed by atoms with Crippen LogP contribution < -0.4 is 15.4 Å². The fourth-order valence-electron chi connectivity index (χ4n) is 2.74. The first-order valence-corrected chi connectivity index (χ1v) is 8.82. The molecule has 0 fully saturated rings. The van der Waals surface area contributed by atoms with Crippen molar-refractivity contribution in [1.29, 1.82) is 0 Å². The Labute approximate surface area is 167 Å². The third-order valence-corrected chi connectivity index (χ3v) is 4.18. The summed E-state index contributed by atoms with van der Waals surface area (Å²) in [6.45, 7) is 1.79. The highest BCUT2D eigenvalue weighted by Gasteiger charge is 2.30. The number of rotatable bonds is 7. The van der Waals surface area contributed by atoms with E-state index in [4.69, 9.17) is 13.9 Å². The molecule has 0 saturated carbocycles. The van der Waals surface area contributed by atoms with Gasteiger partial charge in [-0.25, -0.2) is 4.79 Å².